The van der Waals surface area contributed by atoms with Crippen molar-refractivity contribution in [1.82, 2.24) is 0 Å². The number of rotatable bonds is 4. The summed E-state index contributed by atoms with van der Waals surface area (Å²) in [6.45, 7) is 4.40. The lowest BCUT2D eigenvalue weighted by molar-refractivity contribution is 0.315. The number of phenolic OH excluding ortho intramolecular Hbond substituents is 1. The van der Waals surface area contributed by atoms with Crippen LogP contribution in [-0.4, -0.2) is 11.7 Å². The fraction of sp³-hybridized carbons (Fsp3) is 0.455. The van der Waals surface area contributed by atoms with Gasteiger partial charge in [-0.25, -0.2) is 0 Å². The van der Waals surface area contributed by atoms with Gasteiger partial charge in [0, 0.05) is 11.6 Å². The molecule has 0 aliphatic heterocycles. The zero-order valence-corrected chi connectivity index (χ0v) is 8.66. The van der Waals surface area contributed by atoms with Crippen molar-refractivity contribution in [3.05, 3.63) is 23.8 Å². The highest BCUT2D eigenvalue weighted by molar-refractivity contribution is 5.46. The van der Waals surface area contributed by atoms with Gasteiger partial charge in [0.15, 0.2) is 11.5 Å². The molecule has 0 fully saturated rings. The van der Waals surface area contributed by atoms with Crippen LogP contribution in [0.2, 0.25) is 0 Å². The Morgan fingerprint density at radius 1 is 1.43 bits per heavy atom. The van der Waals surface area contributed by atoms with Crippen LogP contribution in [-0.2, 0) is 0 Å². The van der Waals surface area contributed by atoms with Crippen molar-refractivity contribution < 1.29 is 9.84 Å². The summed E-state index contributed by atoms with van der Waals surface area (Å²) in [6.07, 6.45) is 0.795. The van der Waals surface area contributed by atoms with Crippen LogP contribution in [0.4, 0.5) is 0 Å². The monoisotopic (exact) mass is 195 g/mol. The second-order valence-electron chi connectivity index (χ2n) is 3.14. The highest BCUT2D eigenvalue weighted by Gasteiger charge is 2.12. The van der Waals surface area contributed by atoms with Gasteiger partial charge >= 0.3 is 0 Å². The zero-order chi connectivity index (χ0) is 10.6. The van der Waals surface area contributed by atoms with Crippen molar-refractivity contribution in [2.45, 2.75) is 26.3 Å². The quantitative estimate of drug-likeness (QED) is 0.774. The van der Waals surface area contributed by atoms with Crippen molar-refractivity contribution in [2.75, 3.05) is 6.61 Å². The number of hydrogen-bond acceptors (Lipinski definition) is 3. The second kappa shape index (κ2) is 4.86. The average Bonchev–Trinajstić information content (AvgIpc) is 2.20. The van der Waals surface area contributed by atoms with Gasteiger partial charge in [0.05, 0.1) is 6.61 Å². The van der Waals surface area contributed by atoms with Crippen LogP contribution in [0.5, 0.6) is 11.5 Å². The molecule has 1 aromatic rings. The van der Waals surface area contributed by atoms with Gasteiger partial charge < -0.3 is 15.6 Å². The highest BCUT2D eigenvalue weighted by atomic mass is 16.5. The van der Waals surface area contributed by atoms with Gasteiger partial charge in [-0.05, 0) is 19.4 Å². The molecular formula is C11H17NO2. The Morgan fingerprint density at radius 3 is 2.71 bits per heavy atom. The third-order valence-electron chi connectivity index (χ3n) is 2.17. The molecule has 0 amide bonds. The molecule has 78 valence electrons. The molecule has 0 bridgehead atoms. The maximum Gasteiger partial charge on any atom is 0.162 e. The number of phenols is 1. The van der Waals surface area contributed by atoms with E-state index in [0.717, 1.165) is 12.0 Å². The second-order valence-corrected chi connectivity index (χ2v) is 3.14. The summed E-state index contributed by atoms with van der Waals surface area (Å²) in [4.78, 5) is 0. The summed E-state index contributed by atoms with van der Waals surface area (Å²) in [7, 11) is 0. The van der Waals surface area contributed by atoms with Crippen molar-refractivity contribution in [3.8, 4) is 11.5 Å². The highest BCUT2D eigenvalue weighted by Crippen LogP contribution is 2.33. The molecule has 0 heterocycles. The van der Waals surface area contributed by atoms with Crippen molar-refractivity contribution in [2.24, 2.45) is 5.73 Å². The summed E-state index contributed by atoms with van der Waals surface area (Å²) in [5, 5.41) is 9.82. The molecule has 0 saturated carbocycles. The molecule has 0 radical (unpaired) electrons. The lowest BCUT2D eigenvalue weighted by Crippen LogP contribution is -2.09. The van der Waals surface area contributed by atoms with Crippen LogP contribution in [0, 0.1) is 0 Å². The predicted molar refractivity (Wildman–Crippen MR) is 56.5 cm³/mol. The Bertz CT molecular complexity index is 299. The normalized spacial score (nSPS) is 12.5. The number of hydrogen-bond donors (Lipinski definition) is 2. The fourth-order valence-corrected chi connectivity index (χ4v) is 1.33. The van der Waals surface area contributed by atoms with Gasteiger partial charge in [-0.2, -0.15) is 0 Å². The molecule has 3 N–H and O–H groups in total. The summed E-state index contributed by atoms with van der Waals surface area (Å²) >= 11 is 0. The molecule has 0 aliphatic carbocycles. The van der Waals surface area contributed by atoms with Crippen molar-refractivity contribution >= 4 is 0 Å². The SMILES string of the molecule is CCOc1cccc([C@@H](N)CC)c1O. The molecule has 1 rings (SSSR count). The summed E-state index contributed by atoms with van der Waals surface area (Å²) < 4.78 is 5.27. The maximum atomic E-state index is 9.82. The Morgan fingerprint density at radius 2 is 2.14 bits per heavy atom. The maximum absolute atomic E-state index is 9.82. The van der Waals surface area contributed by atoms with Gasteiger partial charge in [-0.15, -0.1) is 0 Å². The Kier molecular flexibility index (Phi) is 3.77. The molecule has 3 heteroatoms. The van der Waals surface area contributed by atoms with Crippen molar-refractivity contribution in [1.29, 1.82) is 0 Å². The average molecular weight is 195 g/mol. The summed E-state index contributed by atoms with van der Waals surface area (Å²) in [5.74, 6) is 0.678. The Balaban J connectivity index is 3.00. The lowest BCUT2D eigenvalue weighted by atomic mass is 10.0. The van der Waals surface area contributed by atoms with Gasteiger partial charge in [0.25, 0.3) is 0 Å². The number of benzene rings is 1. The van der Waals surface area contributed by atoms with Gasteiger partial charge in [-0.1, -0.05) is 19.1 Å². The smallest absolute Gasteiger partial charge is 0.162 e. The number of ether oxygens (including phenoxy) is 1. The molecule has 0 unspecified atom stereocenters. The van der Waals surface area contributed by atoms with E-state index < -0.39 is 0 Å². The molecule has 1 atom stereocenters. The molecule has 0 saturated heterocycles. The fourth-order valence-electron chi connectivity index (χ4n) is 1.33. The Labute approximate surface area is 84.5 Å². The first-order valence-electron chi connectivity index (χ1n) is 4.90. The van der Waals surface area contributed by atoms with Crippen molar-refractivity contribution in [3.63, 3.8) is 0 Å². The molecule has 0 spiro atoms. The van der Waals surface area contributed by atoms with Gasteiger partial charge in [0.1, 0.15) is 0 Å². The first-order valence-corrected chi connectivity index (χ1v) is 4.90. The number of aromatic hydroxyl groups is 1. The van der Waals surface area contributed by atoms with E-state index in [1.54, 1.807) is 6.07 Å². The topological polar surface area (TPSA) is 55.5 Å². The van der Waals surface area contributed by atoms with E-state index >= 15 is 0 Å². The minimum Gasteiger partial charge on any atom is -0.504 e. The first-order chi connectivity index (χ1) is 6.70. The van der Waals surface area contributed by atoms with E-state index in [2.05, 4.69) is 0 Å². The minimum atomic E-state index is -0.129. The lowest BCUT2D eigenvalue weighted by Gasteiger charge is -2.14. The summed E-state index contributed by atoms with van der Waals surface area (Å²) in [5.41, 5.74) is 6.59. The number of nitrogens with two attached hydrogens (primary N) is 1. The molecule has 0 aliphatic rings. The number of para-hydroxylation sites is 1. The van der Waals surface area contributed by atoms with E-state index in [0.29, 0.717) is 12.4 Å². The van der Waals surface area contributed by atoms with Crippen LogP contribution in [0.3, 0.4) is 0 Å². The minimum absolute atomic E-state index is 0.129. The van der Waals surface area contributed by atoms with E-state index in [-0.39, 0.29) is 11.8 Å². The zero-order valence-electron chi connectivity index (χ0n) is 8.66. The molecule has 0 aromatic heterocycles. The van der Waals surface area contributed by atoms with Gasteiger partial charge in [0.2, 0.25) is 0 Å². The van der Waals surface area contributed by atoms with Crippen LogP contribution < -0.4 is 10.5 Å². The predicted octanol–water partition coefficient (Wildman–Crippen LogP) is 2.20. The molecule has 14 heavy (non-hydrogen) atoms. The first kappa shape index (κ1) is 10.9. The van der Waals surface area contributed by atoms with Crippen LogP contribution in [0.25, 0.3) is 0 Å². The Hall–Kier alpha value is -1.22. The van der Waals surface area contributed by atoms with E-state index in [1.165, 1.54) is 0 Å². The summed E-state index contributed by atoms with van der Waals surface area (Å²) in [6, 6.07) is 5.28. The molecular weight excluding hydrogens is 178 g/mol. The van der Waals surface area contributed by atoms with E-state index in [1.807, 2.05) is 26.0 Å². The standard InChI is InChI=1S/C11H17NO2/c1-3-9(12)8-6-5-7-10(11(8)13)14-4-2/h5-7,9,13H,3-4,12H2,1-2H3/t9-/m0/s1. The molecule has 3 nitrogen and oxygen atoms in total. The third kappa shape index (κ3) is 2.17. The van der Waals surface area contributed by atoms with Gasteiger partial charge in [-0.3, -0.25) is 0 Å². The third-order valence-corrected chi connectivity index (χ3v) is 2.17. The largest absolute Gasteiger partial charge is 0.504 e. The van der Waals surface area contributed by atoms with Crippen LogP contribution >= 0.6 is 0 Å². The van der Waals surface area contributed by atoms with Crippen LogP contribution in [0.15, 0.2) is 18.2 Å². The van der Waals surface area contributed by atoms with Crippen LogP contribution in [0.1, 0.15) is 31.9 Å². The van der Waals surface area contributed by atoms with E-state index in [9.17, 15) is 5.11 Å². The van der Waals surface area contributed by atoms with E-state index in [4.69, 9.17) is 10.5 Å². The molecule has 1 aromatic carbocycles.